The molecule has 0 aliphatic heterocycles. The van der Waals surface area contributed by atoms with Crippen LogP contribution in [0.1, 0.15) is 127 Å². The first-order chi connectivity index (χ1) is 17.9. The second kappa shape index (κ2) is 8.92. The summed E-state index contributed by atoms with van der Waals surface area (Å²) in [6.45, 7) is 20.1. The molecule has 5 aliphatic rings. The number of carbonyl (C=O) groups excluding carboxylic acids is 3. The van der Waals surface area contributed by atoms with E-state index in [4.69, 9.17) is 9.47 Å². The van der Waals surface area contributed by atoms with Gasteiger partial charge in [0.2, 0.25) is 0 Å². The lowest BCUT2D eigenvalue weighted by atomic mass is 9.35. The Bertz CT molecular complexity index is 1120. The highest BCUT2D eigenvalue weighted by atomic mass is 16.5. The Kier molecular flexibility index (Phi) is 6.60. The normalized spacial score (nSPS) is 46.8. The molecule has 218 valence electrons. The Hall–Kier alpha value is -1.65. The molecule has 5 rings (SSSR count). The second-order valence-electron chi connectivity index (χ2n) is 16.2. The summed E-state index contributed by atoms with van der Waals surface area (Å²) in [7, 11) is 0. The van der Waals surface area contributed by atoms with Crippen LogP contribution < -0.4 is 0 Å². The highest BCUT2D eigenvalue weighted by molar-refractivity contribution is 5.99. The maximum absolute atomic E-state index is 14.4. The van der Waals surface area contributed by atoms with Gasteiger partial charge in [0, 0.05) is 42.1 Å². The lowest BCUT2D eigenvalue weighted by Crippen LogP contribution is -2.62. The molecule has 0 bridgehead atoms. The van der Waals surface area contributed by atoms with E-state index in [1.807, 2.05) is 0 Å². The van der Waals surface area contributed by atoms with Crippen molar-refractivity contribution in [1.82, 2.24) is 0 Å². The number of esters is 2. The first-order valence-corrected chi connectivity index (χ1v) is 15.5. The van der Waals surface area contributed by atoms with Gasteiger partial charge in [-0.25, -0.2) is 0 Å². The molecule has 5 heteroatoms. The molecular formula is C34H52O5. The van der Waals surface area contributed by atoms with Gasteiger partial charge in [-0.15, -0.1) is 0 Å². The van der Waals surface area contributed by atoms with E-state index in [9.17, 15) is 14.4 Å². The Labute approximate surface area is 236 Å². The third kappa shape index (κ3) is 4.09. The number of carbonyl (C=O) groups is 3. The molecule has 5 nitrogen and oxygen atoms in total. The topological polar surface area (TPSA) is 69.7 Å². The fourth-order valence-corrected chi connectivity index (χ4v) is 10.8. The van der Waals surface area contributed by atoms with Crippen LogP contribution >= 0.6 is 0 Å². The molecule has 0 amide bonds. The van der Waals surface area contributed by atoms with Crippen LogP contribution in [0.2, 0.25) is 0 Å². The number of rotatable bonds is 3. The maximum Gasteiger partial charge on any atom is 0.302 e. The van der Waals surface area contributed by atoms with Crippen LogP contribution in [0.15, 0.2) is 11.1 Å². The lowest BCUT2D eigenvalue weighted by molar-refractivity contribution is -0.176. The largest absolute Gasteiger partial charge is 0.465 e. The number of Topliss-reactive ketones (excluding diaryl/α,β-unsaturated/α-hetero) is 1. The van der Waals surface area contributed by atoms with E-state index in [2.05, 4.69) is 48.5 Å². The molecule has 0 N–H and O–H groups in total. The first-order valence-electron chi connectivity index (χ1n) is 15.5. The smallest absolute Gasteiger partial charge is 0.302 e. The number of hydrogen-bond acceptors (Lipinski definition) is 5. The predicted molar refractivity (Wildman–Crippen MR) is 152 cm³/mol. The molecule has 0 aromatic carbocycles. The molecule has 0 aromatic heterocycles. The van der Waals surface area contributed by atoms with Crippen molar-refractivity contribution in [2.24, 2.45) is 44.3 Å². The molecule has 5 aliphatic carbocycles. The summed E-state index contributed by atoms with van der Waals surface area (Å²) in [5, 5.41) is 0. The lowest BCUT2D eigenvalue weighted by Gasteiger charge is -2.69. The summed E-state index contributed by atoms with van der Waals surface area (Å²) < 4.78 is 11.4. The minimum absolute atomic E-state index is 0.0153. The standard InChI is InChI=1S/C34H52O5/c1-21(35)38-20-30(5)14-15-31(6)16-17-34(9)28-23(10-13-33(34,8)26(31)19-30)32(7)12-11-27(39-22(2)36)29(3,4)25(32)18-24(28)37/h25-27H,10-20H2,1-9H3. The van der Waals surface area contributed by atoms with E-state index in [0.717, 1.165) is 57.8 Å². The third-order valence-electron chi connectivity index (χ3n) is 13.5. The van der Waals surface area contributed by atoms with E-state index in [-0.39, 0.29) is 56.5 Å². The van der Waals surface area contributed by atoms with Crippen LogP contribution in [-0.4, -0.2) is 30.4 Å². The average molecular weight is 541 g/mol. The van der Waals surface area contributed by atoms with Crippen molar-refractivity contribution in [2.75, 3.05) is 6.61 Å². The third-order valence-corrected chi connectivity index (χ3v) is 13.5. The Balaban J connectivity index is 1.54. The van der Waals surface area contributed by atoms with Gasteiger partial charge < -0.3 is 9.47 Å². The molecule has 0 saturated heterocycles. The number of allylic oxidation sites excluding steroid dienone is 2. The Morgan fingerprint density at radius 2 is 1.51 bits per heavy atom. The summed E-state index contributed by atoms with van der Waals surface area (Å²) in [5.74, 6) is 0.593. The van der Waals surface area contributed by atoms with E-state index < -0.39 is 0 Å². The molecule has 8 unspecified atom stereocenters. The molecule has 8 atom stereocenters. The van der Waals surface area contributed by atoms with Gasteiger partial charge in [-0.1, -0.05) is 54.0 Å². The van der Waals surface area contributed by atoms with Crippen molar-refractivity contribution >= 4 is 17.7 Å². The van der Waals surface area contributed by atoms with Gasteiger partial charge in [-0.2, -0.15) is 0 Å². The first kappa shape index (κ1) is 28.9. The summed E-state index contributed by atoms with van der Waals surface area (Å²) >= 11 is 0. The summed E-state index contributed by atoms with van der Waals surface area (Å²) in [6.07, 6.45) is 9.86. The molecule has 3 saturated carbocycles. The van der Waals surface area contributed by atoms with Crippen LogP contribution in [0.25, 0.3) is 0 Å². The van der Waals surface area contributed by atoms with Gasteiger partial charge >= 0.3 is 11.9 Å². The van der Waals surface area contributed by atoms with Gasteiger partial charge in [-0.05, 0) is 85.9 Å². The van der Waals surface area contributed by atoms with Gasteiger partial charge in [-0.3, -0.25) is 14.4 Å². The highest BCUT2D eigenvalue weighted by Gasteiger charge is 2.67. The zero-order valence-corrected chi connectivity index (χ0v) is 26.1. The summed E-state index contributed by atoms with van der Waals surface area (Å²) in [5.41, 5.74) is 2.44. The minimum Gasteiger partial charge on any atom is -0.465 e. The minimum atomic E-state index is -0.248. The van der Waals surface area contributed by atoms with E-state index >= 15 is 0 Å². The van der Waals surface area contributed by atoms with Crippen molar-refractivity contribution in [1.29, 1.82) is 0 Å². The van der Waals surface area contributed by atoms with Crippen LogP contribution in [0, 0.1) is 44.3 Å². The second-order valence-corrected chi connectivity index (χ2v) is 16.2. The molecule has 3 fully saturated rings. The molecule has 0 heterocycles. The highest BCUT2D eigenvalue weighted by Crippen LogP contribution is 2.74. The quantitative estimate of drug-likeness (QED) is 0.345. The fraction of sp³-hybridized carbons (Fsp3) is 0.853. The number of hydrogen-bond donors (Lipinski definition) is 0. The van der Waals surface area contributed by atoms with Gasteiger partial charge in [0.05, 0.1) is 6.61 Å². The monoisotopic (exact) mass is 540 g/mol. The van der Waals surface area contributed by atoms with Crippen molar-refractivity contribution in [3.63, 3.8) is 0 Å². The maximum atomic E-state index is 14.4. The van der Waals surface area contributed by atoms with Crippen molar-refractivity contribution in [3.8, 4) is 0 Å². The van der Waals surface area contributed by atoms with E-state index in [0.29, 0.717) is 24.7 Å². The van der Waals surface area contributed by atoms with Gasteiger partial charge in [0.1, 0.15) is 6.10 Å². The zero-order chi connectivity index (χ0) is 28.8. The van der Waals surface area contributed by atoms with Crippen molar-refractivity contribution < 1.29 is 23.9 Å². The Morgan fingerprint density at radius 3 is 2.15 bits per heavy atom. The number of ketones is 1. The molecule has 0 radical (unpaired) electrons. The Morgan fingerprint density at radius 1 is 0.846 bits per heavy atom. The van der Waals surface area contributed by atoms with Crippen LogP contribution in [0.5, 0.6) is 0 Å². The molecule has 0 aromatic rings. The van der Waals surface area contributed by atoms with E-state index in [1.54, 1.807) is 0 Å². The number of fused-ring (bicyclic) bond motifs is 6. The summed E-state index contributed by atoms with van der Waals surface area (Å²) in [6, 6.07) is 0. The average Bonchev–Trinajstić information content (AvgIpc) is 2.83. The molecular weight excluding hydrogens is 488 g/mol. The van der Waals surface area contributed by atoms with Crippen LogP contribution in [0.4, 0.5) is 0 Å². The van der Waals surface area contributed by atoms with Crippen LogP contribution in [0.3, 0.4) is 0 Å². The fourth-order valence-electron chi connectivity index (χ4n) is 10.8. The summed E-state index contributed by atoms with van der Waals surface area (Å²) in [4.78, 5) is 38.0. The van der Waals surface area contributed by atoms with Crippen LogP contribution in [-0.2, 0) is 23.9 Å². The SMILES string of the molecule is CC(=O)OCC1(C)CCC2(C)CCC3(C)C4=C(CCC3(C)C2C1)C1(C)CCC(OC(C)=O)C(C)(C)C1CC4=O. The van der Waals surface area contributed by atoms with E-state index in [1.165, 1.54) is 25.0 Å². The number of ether oxygens (including phenoxy) is 2. The predicted octanol–water partition coefficient (Wildman–Crippen LogP) is 7.61. The van der Waals surface area contributed by atoms with Gasteiger partial charge in [0.15, 0.2) is 5.78 Å². The molecule has 0 spiro atoms. The van der Waals surface area contributed by atoms with Gasteiger partial charge in [0.25, 0.3) is 0 Å². The van der Waals surface area contributed by atoms with Crippen molar-refractivity contribution in [2.45, 2.75) is 133 Å². The molecule has 39 heavy (non-hydrogen) atoms. The van der Waals surface area contributed by atoms with Crippen molar-refractivity contribution in [3.05, 3.63) is 11.1 Å². The zero-order valence-electron chi connectivity index (χ0n) is 26.1.